The van der Waals surface area contributed by atoms with Crippen LogP contribution in [0, 0.1) is 11.8 Å². The molecule has 1 aromatic carbocycles. The summed E-state index contributed by atoms with van der Waals surface area (Å²) in [5.74, 6) is -3.50. The summed E-state index contributed by atoms with van der Waals surface area (Å²) in [6.07, 6.45) is -3.75. The molecule has 3 atom stereocenters. The Morgan fingerprint density at radius 2 is 1.83 bits per heavy atom. The summed E-state index contributed by atoms with van der Waals surface area (Å²) in [6, 6.07) is 7.37. The molecule has 0 aromatic heterocycles. The van der Waals surface area contributed by atoms with E-state index in [2.05, 4.69) is 5.32 Å². The molecule has 0 aliphatic heterocycles. The molecular formula is C16H19F3N2O2. The summed E-state index contributed by atoms with van der Waals surface area (Å²) in [6.45, 7) is 0. The number of primary amides is 1. The van der Waals surface area contributed by atoms with Gasteiger partial charge in [-0.2, -0.15) is 13.2 Å². The van der Waals surface area contributed by atoms with E-state index in [1.807, 2.05) is 0 Å². The Morgan fingerprint density at radius 1 is 1.17 bits per heavy atom. The maximum atomic E-state index is 12.8. The van der Waals surface area contributed by atoms with E-state index in [1.165, 1.54) is 0 Å². The highest BCUT2D eigenvalue weighted by atomic mass is 19.4. The van der Waals surface area contributed by atoms with Crippen molar-refractivity contribution in [2.24, 2.45) is 17.6 Å². The van der Waals surface area contributed by atoms with Crippen molar-refractivity contribution in [1.82, 2.24) is 5.32 Å². The SMILES string of the molecule is NC(=O)[C@H](NC(=O)[C@H]1CCC[C@@H](C(F)(F)F)C1)c1ccccc1. The Balaban J connectivity index is 2.06. The predicted molar refractivity (Wildman–Crippen MR) is 78.0 cm³/mol. The number of halogens is 3. The van der Waals surface area contributed by atoms with Crippen LogP contribution in [0.3, 0.4) is 0 Å². The molecule has 0 spiro atoms. The van der Waals surface area contributed by atoms with Gasteiger partial charge in [0.1, 0.15) is 6.04 Å². The van der Waals surface area contributed by atoms with Crippen LogP contribution in [0.25, 0.3) is 0 Å². The molecule has 1 aliphatic carbocycles. The highest BCUT2D eigenvalue weighted by Gasteiger charge is 2.43. The summed E-state index contributed by atoms with van der Waals surface area (Å²) < 4.78 is 38.5. The van der Waals surface area contributed by atoms with Crippen LogP contribution in [0.15, 0.2) is 30.3 Å². The number of amides is 2. The van der Waals surface area contributed by atoms with Crippen molar-refractivity contribution in [3.05, 3.63) is 35.9 Å². The second kappa shape index (κ2) is 7.02. The minimum Gasteiger partial charge on any atom is -0.368 e. The minimum atomic E-state index is -4.29. The van der Waals surface area contributed by atoms with Crippen molar-refractivity contribution >= 4 is 11.8 Å². The molecule has 3 N–H and O–H groups in total. The van der Waals surface area contributed by atoms with Gasteiger partial charge in [0.05, 0.1) is 5.92 Å². The molecule has 0 radical (unpaired) electrons. The summed E-state index contributed by atoms with van der Waals surface area (Å²) in [4.78, 5) is 23.8. The van der Waals surface area contributed by atoms with Gasteiger partial charge >= 0.3 is 6.18 Å². The molecule has 0 saturated heterocycles. The van der Waals surface area contributed by atoms with Gasteiger partial charge in [0.15, 0.2) is 0 Å². The van der Waals surface area contributed by atoms with E-state index in [4.69, 9.17) is 5.73 Å². The summed E-state index contributed by atoms with van der Waals surface area (Å²) >= 11 is 0. The van der Waals surface area contributed by atoms with Crippen molar-refractivity contribution < 1.29 is 22.8 Å². The first-order chi connectivity index (χ1) is 10.8. The molecular weight excluding hydrogens is 309 g/mol. The number of rotatable bonds is 4. The maximum Gasteiger partial charge on any atom is 0.391 e. The topological polar surface area (TPSA) is 72.2 Å². The zero-order valence-corrected chi connectivity index (χ0v) is 12.5. The highest BCUT2D eigenvalue weighted by Crippen LogP contribution is 2.40. The molecule has 126 valence electrons. The molecule has 1 saturated carbocycles. The van der Waals surface area contributed by atoms with Gasteiger partial charge in [-0.25, -0.2) is 0 Å². The average Bonchev–Trinajstić information content (AvgIpc) is 2.52. The normalized spacial score (nSPS) is 23.1. The lowest BCUT2D eigenvalue weighted by molar-refractivity contribution is -0.186. The largest absolute Gasteiger partial charge is 0.391 e. The number of alkyl halides is 3. The van der Waals surface area contributed by atoms with E-state index < -0.39 is 35.9 Å². The number of nitrogens with one attached hydrogen (secondary N) is 1. The van der Waals surface area contributed by atoms with Gasteiger partial charge in [-0.15, -0.1) is 0 Å². The Labute approximate surface area is 132 Å². The molecule has 0 bridgehead atoms. The fraction of sp³-hybridized carbons (Fsp3) is 0.500. The Hall–Kier alpha value is -2.05. The lowest BCUT2D eigenvalue weighted by atomic mass is 9.80. The van der Waals surface area contributed by atoms with Crippen LogP contribution in [-0.4, -0.2) is 18.0 Å². The molecule has 1 aromatic rings. The van der Waals surface area contributed by atoms with Gasteiger partial charge in [-0.3, -0.25) is 9.59 Å². The predicted octanol–water partition coefficient (Wildman–Crippen LogP) is 2.70. The zero-order chi connectivity index (χ0) is 17.0. The number of hydrogen-bond donors (Lipinski definition) is 2. The van der Waals surface area contributed by atoms with Crippen LogP contribution in [-0.2, 0) is 9.59 Å². The van der Waals surface area contributed by atoms with Gasteiger partial charge in [0.25, 0.3) is 0 Å². The number of carbonyl (C=O) groups excluding carboxylic acids is 2. The van der Waals surface area contributed by atoms with Gasteiger partial charge in [0, 0.05) is 5.92 Å². The highest BCUT2D eigenvalue weighted by molar-refractivity contribution is 5.88. The molecule has 4 nitrogen and oxygen atoms in total. The van der Waals surface area contributed by atoms with E-state index in [0.29, 0.717) is 18.4 Å². The van der Waals surface area contributed by atoms with E-state index in [-0.39, 0.29) is 12.8 Å². The van der Waals surface area contributed by atoms with Crippen molar-refractivity contribution in [2.45, 2.75) is 37.9 Å². The lowest BCUT2D eigenvalue weighted by Crippen LogP contribution is -2.42. The molecule has 1 aliphatic rings. The van der Waals surface area contributed by atoms with Crippen molar-refractivity contribution in [2.75, 3.05) is 0 Å². The summed E-state index contributed by atoms with van der Waals surface area (Å²) in [7, 11) is 0. The zero-order valence-electron chi connectivity index (χ0n) is 12.5. The third kappa shape index (κ3) is 4.46. The van der Waals surface area contributed by atoms with Crippen molar-refractivity contribution in [3.63, 3.8) is 0 Å². The van der Waals surface area contributed by atoms with Gasteiger partial charge in [0.2, 0.25) is 11.8 Å². The number of nitrogens with two attached hydrogens (primary N) is 1. The first-order valence-corrected chi connectivity index (χ1v) is 7.50. The summed E-state index contributed by atoms with van der Waals surface area (Å²) in [5.41, 5.74) is 5.82. The Bertz CT molecular complexity index is 560. The number of carbonyl (C=O) groups is 2. The molecule has 23 heavy (non-hydrogen) atoms. The van der Waals surface area contributed by atoms with Crippen molar-refractivity contribution in [3.8, 4) is 0 Å². The quantitative estimate of drug-likeness (QED) is 0.892. The van der Waals surface area contributed by atoms with Gasteiger partial charge in [-0.05, 0) is 24.8 Å². The summed E-state index contributed by atoms with van der Waals surface area (Å²) in [5, 5.41) is 2.49. The van der Waals surface area contributed by atoms with Crippen LogP contribution in [0.4, 0.5) is 13.2 Å². The molecule has 2 rings (SSSR count). The van der Waals surface area contributed by atoms with E-state index in [1.54, 1.807) is 30.3 Å². The smallest absolute Gasteiger partial charge is 0.368 e. The lowest BCUT2D eigenvalue weighted by Gasteiger charge is -2.30. The standard InChI is InChI=1S/C16H19F3N2O2/c17-16(18,19)12-8-4-7-11(9-12)15(23)21-13(14(20)22)10-5-2-1-3-6-10/h1-3,5-6,11-13H,4,7-9H2,(H2,20,22)(H,21,23)/t11-,12+,13+/m0/s1. The third-order valence-electron chi connectivity index (χ3n) is 4.21. The Morgan fingerprint density at radius 3 is 2.39 bits per heavy atom. The Kier molecular flexibility index (Phi) is 5.28. The van der Waals surface area contributed by atoms with E-state index >= 15 is 0 Å². The molecule has 1 fully saturated rings. The van der Waals surface area contributed by atoms with Crippen LogP contribution in [0.1, 0.15) is 37.3 Å². The second-order valence-electron chi connectivity index (χ2n) is 5.86. The van der Waals surface area contributed by atoms with Crippen molar-refractivity contribution in [1.29, 1.82) is 0 Å². The fourth-order valence-corrected chi connectivity index (χ4v) is 2.95. The van der Waals surface area contributed by atoms with Gasteiger partial charge in [-0.1, -0.05) is 36.8 Å². The van der Waals surface area contributed by atoms with Crippen LogP contribution in [0.5, 0.6) is 0 Å². The molecule has 7 heteroatoms. The monoisotopic (exact) mass is 328 g/mol. The first-order valence-electron chi connectivity index (χ1n) is 7.50. The fourth-order valence-electron chi connectivity index (χ4n) is 2.95. The third-order valence-corrected chi connectivity index (χ3v) is 4.21. The number of hydrogen-bond acceptors (Lipinski definition) is 2. The van der Waals surface area contributed by atoms with Crippen LogP contribution in [0.2, 0.25) is 0 Å². The average molecular weight is 328 g/mol. The van der Waals surface area contributed by atoms with Gasteiger partial charge < -0.3 is 11.1 Å². The van der Waals surface area contributed by atoms with Crippen LogP contribution >= 0.6 is 0 Å². The second-order valence-corrected chi connectivity index (χ2v) is 5.86. The van der Waals surface area contributed by atoms with E-state index in [0.717, 1.165) is 0 Å². The first kappa shape index (κ1) is 17.3. The molecule has 2 amide bonds. The minimum absolute atomic E-state index is 0.0468. The molecule has 0 heterocycles. The van der Waals surface area contributed by atoms with Crippen LogP contribution < -0.4 is 11.1 Å². The maximum absolute atomic E-state index is 12.8. The molecule has 0 unspecified atom stereocenters. The van der Waals surface area contributed by atoms with E-state index in [9.17, 15) is 22.8 Å². The number of benzene rings is 1.